The minimum absolute atomic E-state index is 0.195. The van der Waals surface area contributed by atoms with Gasteiger partial charge in [0.25, 0.3) is 5.91 Å². The quantitative estimate of drug-likeness (QED) is 0.741. The van der Waals surface area contributed by atoms with E-state index in [-0.39, 0.29) is 37.6 Å². The first kappa shape index (κ1) is 21.7. The fourth-order valence-electron chi connectivity index (χ4n) is 3.85. The Morgan fingerprint density at radius 3 is 2.94 bits per heavy atom. The maximum atomic E-state index is 13.4. The Hall–Kier alpha value is -3.55. The highest BCUT2D eigenvalue weighted by Gasteiger charge is 2.35. The molecule has 32 heavy (non-hydrogen) atoms. The number of hydrogen-bond acceptors (Lipinski definition) is 4. The molecule has 1 fully saturated rings. The Labute approximate surface area is 185 Å². The van der Waals surface area contributed by atoms with E-state index in [1.165, 1.54) is 0 Å². The van der Waals surface area contributed by atoms with Crippen molar-refractivity contribution >= 4 is 23.2 Å². The average molecular weight is 437 g/mol. The minimum Gasteiger partial charge on any atom is -0.368 e. The molecule has 2 aromatic rings. The zero-order chi connectivity index (χ0) is 22.4. The normalized spacial score (nSPS) is 19.8. The lowest BCUT2D eigenvalue weighted by Crippen LogP contribution is -2.40. The zero-order valence-electron chi connectivity index (χ0n) is 17.5. The van der Waals surface area contributed by atoms with E-state index in [2.05, 4.69) is 20.6 Å². The van der Waals surface area contributed by atoms with Crippen LogP contribution in [0.5, 0.6) is 0 Å². The summed E-state index contributed by atoms with van der Waals surface area (Å²) in [5.41, 5.74) is 2.85. The second-order valence-corrected chi connectivity index (χ2v) is 7.89. The van der Waals surface area contributed by atoms with Gasteiger partial charge >= 0.3 is 0 Å². The first-order valence-corrected chi connectivity index (χ1v) is 10.6. The van der Waals surface area contributed by atoms with Gasteiger partial charge in [-0.25, -0.2) is 8.78 Å². The van der Waals surface area contributed by atoms with Crippen LogP contribution in [0, 0.1) is 0 Å². The molecule has 0 radical (unpaired) electrons. The highest BCUT2D eigenvalue weighted by Crippen LogP contribution is 2.33. The second kappa shape index (κ2) is 9.72. The summed E-state index contributed by atoms with van der Waals surface area (Å²) < 4.78 is 28.8. The van der Waals surface area contributed by atoms with Crippen LogP contribution in [0.1, 0.15) is 36.0 Å². The van der Waals surface area contributed by atoms with Crippen LogP contribution in [-0.2, 0) is 6.54 Å². The second-order valence-electron chi connectivity index (χ2n) is 7.89. The number of nitrogens with zero attached hydrogens (tertiary/aromatic N) is 3. The van der Waals surface area contributed by atoms with Gasteiger partial charge in [-0.1, -0.05) is 6.08 Å². The number of alkyl halides is 2. The van der Waals surface area contributed by atoms with Crippen molar-refractivity contribution in [2.24, 2.45) is 4.99 Å². The highest BCUT2D eigenvalue weighted by molar-refractivity contribution is 6.05. The molecule has 8 heteroatoms. The summed E-state index contributed by atoms with van der Waals surface area (Å²) in [6.07, 6.45) is 18.1. The number of carbonyl (C=O) groups is 1. The van der Waals surface area contributed by atoms with Crippen LogP contribution in [0.3, 0.4) is 0 Å². The molecule has 2 aliphatic rings. The molecule has 1 aliphatic carbocycles. The van der Waals surface area contributed by atoms with Crippen molar-refractivity contribution in [2.75, 3.05) is 0 Å². The number of halogens is 2. The number of allylic oxidation sites excluding steroid dienone is 5. The van der Waals surface area contributed by atoms with Crippen LogP contribution < -0.4 is 10.6 Å². The van der Waals surface area contributed by atoms with E-state index in [1.54, 1.807) is 37.1 Å². The number of pyridine rings is 1. The average Bonchev–Trinajstić information content (AvgIpc) is 3.11. The molecule has 0 saturated heterocycles. The highest BCUT2D eigenvalue weighted by atomic mass is 19.3. The molecule has 6 nitrogen and oxygen atoms in total. The summed E-state index contributed by atoms with van der Waals surface area (Å²) in [4.78, 5) is 21.5. The van der Waals surface area contributed by atoms with Gasteiger partial charge in [0.1, 0.15) is 5.52 Å². The minimum atomic E-state index is -2.63. The van der Waals surface area contributed by atoms with Crippen LogP contribution >= 0.6 is 0 Å². The number of fused-ring (bicyclic) bond motifs is 1. The molecule has 3 heterocycles. The molecule has 0 atom stereocenters. The van der Waals surface area contributed by atoms with Gasteiger partial charge in [0.2, 0.25) is 5.92 Å². The van der Waals surface area contributed by atoms with Crippen molar-refractivity contribution in [3.05, 3.63) is 78.6 Å². The van der Waals surface area contributed by atoms with E-state index < -0.39 is 5.92 Å². The third-order valence-corrected chi connectivity index (χ3v) is 5.53. The lowest BCUT2D eigenvalue weighted by atomic mass is 9.92. The van der Waals surface area contributed by atoms with Crippen molar-refractivity contribution < 1.29 is 13.6 Å². The predicted octanol–water partition coefficient (Wildman–Crippen LogP) is 4.49. The molecule has 2 N–H and O–H groups in total. The van der Waals surface area contributed by atoms with Gasteiger partial charge in [-0.05, 0) is 48.8 Å². The number of rotatable bonds is 4. The Balaban J connectivity index is 1.56. The van der Waals surface area contributed by atoms with Crippen LogP contribution in [0.2, 0.25) is 0 Å². The molecule has 1 amide bonds. The van der Waals surface area contributed by atoms with Crippen molar-refractivity contribution in [2.45, 2.75) is 44.2 Å². The van der Waals surface area contributed by atoms with E-state index in [9.17, 15) is 13.6 Å². The third-order valence-electron chi connectivity index (χ3n) is 5.53. The summed E-state index contributed by atoms with van der Waals surface area (Å²) in [5, 5.41) is 5.97. The predicted molar refractivity (Wildman–Crippen MR) is 122 cm³/mol. The monoisotopic (exact) mass is 437 g/mol. The Morgan fingerprint density at radius 2 is 2.09 bits per heavy atom. The van der Waals surface area contributed by atoms with E-state index in [0.717, 1.165) is 11.1 Å². The van der Waals surface area contributed by atoms with Crippen molar-refractivity contribution in [3.63, 3.8) is 0 Å². The fraction of sp³-hybridized carbons (Fsp3) is 0.292. The van der Waals surface area contributed by atoms with E-state index >= 15 is 0 Å². The van der Waals surface area contributed by atoms with Gasteiger partial charge in [0.15, 0.2) is 0 Å². The molecular weight excluding hydrogens is 412 g/mol. The van der Waals surface area contributed by atoms with Crippen LogP contribution in [0.25, 0.3) is 11.0 Å². The summed E-state index contributed by atoms with van der Waals surface area (Å²) in [5.74, 6) is -2.91. The van der Waals surface area contributed by atoms with E-state index in [1.807, 2.05) is 41.1 Å². The van der Waals surface area contributed by atoms with Crippen LogP contribution in [0.4, 0.5) is 8.78 Å². The number of aliphatic imine (C=N–C) groups is 1. The molecule has 0 unspecified atom stereocenters. The summed E-state index contributed by atoms with van der Waals surface area (Å²) in [6.45, 7) is 0.515. The Morgan fingerprint density at radius 1 is 1.25 bits per heavy atom. The summed E-state index contributed by atoms with van der Waals surface area (Å²) in [7, 11) is 0. The van der Waals surface area contributed by atoms with Crippen molar-refractivity contribution in [1.29, 1.82) is 0 Å². The van der Waals surface area contributed by atoms with E-state index in [4.69, 9.17) is 0 Å². The number of amides is 1. The number of hydrogen-bond donors (Lipinski definition) is 2. The van der Waals surface area contributed by atoms with Gasteiger partial charge < -0.3 is 15.2 Å². The molecular formula is C24H25F2N5O. The number of nitrogens with one attached hydrogen (secondary N) is 2. The molecule has 2 aromatic heterocycles. The third kappa shape index (κ3) is 5.38. The van der Waals surface area contributed by atoms with Gasteiger partial charge in [0, 0.05) is 62.6 Å². The van der Waals surface area contributed by atoms with Crippen molar-refractivity contribution in [3.8, 4) is 0 Å². The topological polar surface area (TPSA) is 71.3 Å². The van der Waals surface area contributed by atoms with Crippen LogP contribution in [-0.4, -0.2) is 33.6 Å². The van der Waals surface area contributed by atoms with Gasteiger partial charge in [0.05, 0.1) is 11.1 Å². The van der Waals surface area contributed by atoms with Gasteiger partial charge in [-0.2, -0.15) is 0 Å². The van der Waals surface area contributed by atoms with Gasteiger partial charge in [-0.15, -0.1) is 0 Å². The Bertz CT molecular complexity index is 1120. The molecule has 0 spiro atoms. The lowest BCUT2D eigenvalue weighted by Gasteiger charge is -2.28. The first-order valence-electron chi connectivity index (χ1n) is 10.6. The summed E-state index contributed by atoms with van der Waals surface area (Å²) in [6, 6.07) is 3.49. The SMILES string of the molecule is O=C(NC1CCC(F)(F)CC1)c1cn(CC2=C/C=C/N=CC=CNC=C2)c2cccnc12. The summed E-state index contributed by atoms with van der Waals surface area (Å²) >= 11 is 0. The molecule has 4 rings (SSSR count). The largest absolute Gasteiger partial charge is 0.368 e. The molecule has 1 aliphatic heterocycles. The van der Waals surface area contributed by atoms with Crippen molar-refractivity contribution in [1.82, 2.24) is 20.2 Å². The zero-order valence-corrected chi connectivity index (χ0v) is 17.5. The lowest BCUT2D eigenvalue weighted by molar-refractivity contribution is -0.0399. The van der Waals surface area contributed by atoms with Gasteiger partial charge in [-0.3, -0.25) is 14.8 Å². The standard InChI is InChI=1S/C24H25F2N5O/c25-24(26)9-6-19(7-10-24)30-23(32)20-17-31(21-5-2-14-29-22(20)21)16-18-4-1-11-27-12-3-13-28-15-8-18/h1-5,8,11-15,17,19,28H,6-7,9-10,16H2,(H,30,32)/b11-1+,13-3?,15-8?,18-4?,27-12?. The Kier molecular flexibility index (Phi) is 6.58. The fourth-order valence-corrected chi connectivity index (χ4v) is 3.85. The number of aromatic nitrogens is 2. The van der Waals surface area contributed by atoms with E-state index in [0.29, 0.717) is 17.6 Å². The molecule has 1 saturated carbocycles. The smallest absolute Gasteiger partial charge is 0.255 e. The first-order chi connectivity index (χ1) is 15.5. The number of carbonyl (C=O) groups excluding carboxylic acids is 1. The molecule has 166 valence electrons. The maximum Gasteiger partial charge on any atom is 0.255 e. The molecule has 0 aromatic carbocycles. The van der Waals surface area contributed by atoms with Crippen LogP contribution in [0.15, 0.2) is 78.0 Å². The maximum absolute atomic E-state index is 13.4. The molecule has 0 bridgehead atoms.